The number of carbonyl (C=O) groups excluding carboxylic acids is 1. The molecule has 0 amide bonds. The van der Waals surface area contributed by atoms with Crippen molar-refractivity contribution in [2.75, 3.05) is 0 Å². The first-order valence-electron chi connectivity index (χ1n) is 4.25. The number of hydrogen-bond donors (Lipinski definition) is 3. The summed E-state index contributed by atoms with van der Waals surface area (Å²) in [4.78, 5) is 10.7. The average molecular weight is 209 g/mol. The summed E-state index contributed by atoms with van der Waals surface area (Å²) in [6.07, 6.45) is 1.08. The molecule has 0 aliphatic heterocycles. The molecule has 1 aromatic rings. The van der Waals surface area contributed by atoms with E-state index in [1.165, 1.54) is 31.2 Å². The van der Waals surface area contributed by atoms with E-state index >= 15 is 0 Å². The third-order valence-corrected chi connectivity index (χ3v) is 1.77. The van der Waals surface area contributed by atoms with E-state index in [-0.39, 0.29) is 17.2 Å². The highest BCUT2D eigenvalue weighted by Crippen LogP contribution is 2.13. The molecule has 0 bridgehead atoms. The molecule has 0 aliphatic rings. The van der Waals surface area contributed by atoms with E-state index < -0.39 is 5.23 Å². The third kappa shape index (κ3) is 3.17. The highest BCUT2D eigenvalue weighted by Gasteiger charge is 2.03. The fraction of sp³-hybridized carbons (Fsp3) is 0.100. The number of carbonyl (C=O) groups is 1. The van der Waals surface area contributed by atoms with Crippen LogP contribution in [0.25, 0.3) is 5.76 Å². The Bertz CT molecular complexity index is 381. The molecule has 1 rings (SSSR count). The van der Waals surface area contributed by atoms with Crippen LogP contribution < -0.4 is 5.23 Å². The number of aliphatic hydroxyl groups excluding tert-OH is 1. The average Bonchev–Trinajstić information content (AvgIpc) is 2.17. The molecule has 1 unspecified atom stereocenters. The minimum atomic E-state index is -1.03. The second-order valence-electron chi connectivity index (χ2n) is 3.02. The standard InChI is InChI=1S/C10H11NO4/c1-7(12)6-10(13)8-2-4-9(5-3-8)11(14)15/h2-6,11,13-14H,1H3. The summed E-state index contributed by atoms with van der Waals surface area (Å²) in [6, 6.07) is 5.61. The van der Waals surface area contributed by atoms with Gasteiger partial charge in [-0.05, 0) is 19.1 Å². The summed E-state index contributed by atoms with van der Waals surface area (Å²) < 4.78 is 0. The lowest BCUT2D eigenvalue weighted by Gasteiger charge is -2.11. The van der Waals surface area contributed by atoms with Crippen LogP contribution in [0.4, 0.5) is 5.69 Å². The third-order valence-electron chi connectivity index (χ3n) is 1.77. The Balaban J connectivity index is 2.94. The van der Waals surface area contributed by atoms with Crippen LogP contribution in [0.15, 0.2) is 30.3 Å². The van der Waals surface area contributed by atoms with Gasteiger partial charge in [0.2, 0.25) is 0 Å². The van der Waals surface area contributed by atoms with Crippen LogP contribution in [0.3, 0.4) is 0 Å². The molecule has 1 atom stereocenters. The van der Waals surface area contributed by atoms with Crippen molar-refractivity contribution in [2.24, 2.45) is 0 Å². The highest BCUT2D eigenvalue weighted by molar-refractivity contribution is 5.93. The van der Waals surface area contributed by atoms with E-state index in [2.05, 4.69) is 0 Å². The van der Waals surface area contributed by atoms with Crippen LogP contribution in [0.2, 0.25) is 0 Å². The van der Waals surface area contributed by atoms with Gasteiger partial charge < -0.3 is 10.3 Å². The lowest BCUT2D eigenvalue weighted by Crippen LogP contribution is -2.99. The molecule has 0 saturated carbocycles. The van der Waals surface area contributed by atoms with E-state index in [0.717, 1.165) is 6.08 Å². The van der Waals surface area contributed by atoms with Gasteiger partial charge in [-0.3, -0.25) is 4.79 Å². The van der Waals surface area contributed by atoms with Crippen LogP contribution in [0.5, 0.6) is 0 Å². The van der Waals surface area contributed by atoms with E-state index in [0.29, 0.717) is 5.56 Å². The Morgan fingerprint density at radius 3 is 2.33 bits per heavy atom. The zero-order chi connectivity index (χ0) is 11.4. The summed E-state index contributed by atoms with van der Waals surface area (Å²) in [5.74, 6) is -0.436. The fourth-order valence-electron chi connectivity index (χ4n) is 1.06. The zero-order valence-corrected chi connectivity index (χ0v) is 8.10. The molecule has 3 N–H and O–H groups in total. The molecule has 0 aliphatic carbocycles. The smallest absolute Gasteiger partial charge is 0.163 e. The molecular formula is C10H11NO4. The molecule has 1 aromatic carbocycles. The van der Waals surface area contributed by atoms with Gasteiger partial charge in [0.15, 0.2) is 11.5 Å². The Kier molecular flexibility index (Phi) is 3.56. The van der Waals surface area contributed by atoms with Gasteiger partial charge in [0.25, 0.3) is 0 Å². The van der Waals surface area contributed by atoms with E-state index in [9.17, 15) is 15.1 Å². The molecule has 0 saturated heterocycles. The molecule has 0 fully saturated rings. The van der Waals surface area contributed by atoms with Crippen molar-refractivity contribution < 1.29 is 20.3 Å². The lowest BCUT2D eigenvalue weighted by molar-refractivity contribution is -0.991. The fourth-order valence-corrected chi connectivity index (χ4v) is 1.06. The summed E-state index contributed by atoms with van der Waals surface area (Å²) in [5.41, 5.74) is 0.546. The van der Waals surface area contributed by atoms with Crippen LogP contribution in [0, 0.1) is 5.21 Å². The Morgan fingerprint density at radius 1 is 1.40 bits per heavy atom. The second-order valence-corrected chi connectivity index (χ2v) is 3.02. The Labute approximate surface area is 86.4 Å². The van der Waals surface area contributed by atoms with E-state index in [4.69, 9.17) is 5.21 Å². The van der Waals surface area contributed by atoms with Gasteiger partial charge in [0, 0.05) is 23.8 Å². The normalized spacial score (nSPS) is 13.7. The molecule has 80 valence electrons. The van der Waals surface area contributed by atoms with Gasteiger partial charge in [-0.2, -0.15) is 5.23 Å². The predicted molar refractivity (Wildman–Crippen MR) is 53.5 cm³/mol. The lowest BCUT2D eigenvalue weighted by atomic mass is 10.1. The van der Waals surface area contributed by atoms with Crippen molar-refractivity contribution >= 4 is 17.2 Å². The van der Waals surface area contributed by atoms with Gasteiger partial charge in [-0.25, -0.2) is 5.21 Å². The van der Waals surface area contributed by atoms with Gasteiger partial charge >= 0.3 is 0 Å². The van der Waals surface area contributed by atoms with E-state index in [1.807, 2.05) is 0 Å². The van der Waals surface area contributed by atoms with Crippen LogP contribution >= 0.6 is 0 Å². The maximum absolute atomic E-state index is 10.7. The van der Waals surface area contributed by atoms with Crippen molar-refractivity contribution in [3.63, 3.8) is 0 Å². The SMILES string of the molecule is CC(=O)C=C(O)c1ccc([NH+]([O-])O)cc1. The van der Waals surface area contributed by atoms with Gasteiger partial charge in [0.05, 0.1) is 0 Å². The van der Waals surface area contributed by atoms with Crippen molar-refractivity contribution in [3.8, 4) is 0 Å². The van der Waals surface area contributed by atoms with Crippen LogP contribution in [-0.2, 0) is 4.79 Å². The van der Waals surface area contributed by atoms with Crippen LogP contribution in [0.1, 0.15) is 12.5 Å². The number of rotatable bonds is 3. The number of hydrogen-bond acceptors (Lipinski definition) is 4. The molecule has 15 heavy (non-hydrogen) atoms. The molecule has 0 radical (unpaired) electrons. The number of ketones is 1. The second kappa shape index (κ2) is 4.70. The number of aliphatic hydroxyl groups is 1. The molecular weight excluding hydrogens is 198 g/mol. The molecule has 0 heterocycles. The number of nitrogens with one attached hydrogen (secondary N) is 1. The first-order valence-corrected chi connectivity index (χ1v) is 4.25. The molecule has 5 nitrogen and oxygen atoms in total. The first kappa shape index (κ1) is 11.4. The Morgan fingerprint density at radius 2 is 1.93 bits per heavy atom. The van der Waals surface area contributed by atoms with E-state index in [1.54, 1.807) is 0 Å². The van der Waals surface area contributed by atoms with Crippen molar-refractivity contribution in [2.45, 2.75) is 6.92 Å². The number of benzene rings is 1. The Hall–Kier alpha value is -1.69. The van der Waals surface area contributed by atoms with Gasteiger partial charge in [-0.1, -0.05) is 0 Å². The predicted octanol–water partition coefficient (Wildman–Crippen LogP) is 0.578. The number of allylic oxidation sites excluding steroid dienone is 1. The van der Waals surface area contributed by atoms with Crippen molar-refractivity contribution in [1.29, 1.82) is 0 Å². The minimum absolute atomic E-state index is 0.134. The van der Waals surface area contributed by atoms with Gasteiger partial charge in [0.1, 0.15) is 5.76 Å². The van der Waals surface area contributed by atoms with Crippen molar-refractivity contribution in [1.82, 2.24) is 0 Å². The van der Waals surface area contributed by atoms with Crippen molar-refractivity contribution in [3.05, 3.63) is 41.1 Å². The number of quaternary nitrogens is 1. The topological polar surface area (TPSA) is 85.0 Å². The largest absolute Gasteiger partial charge is 0.595 e. The first-order chi connectivity index (χ1) is 7.00. The maximum atomic E-state index is 10.7. The monoisotopic (exact) mass is 209 g/mol. The van der Waals surface area contributed by atoms with Gasteiger partial charge in [-0.15, -0.1) is 0 Å². The maximum Gasteiger partial charge on any atom is 0.163 e. The molecule has 5 heteroatoms. The van der Waals surface area contributed by atoms with Crippen LogP contribution in [-0.4, -0.2) is 16.1 Å². The minimum Gasteiger partial charge on any atom is -0.595 e. The summed E-state index contributed by atoms with van der Waals surface area (Å²) >= 11 is 0. The summed E-state index contributed by atoms with van der Waals surface area (Å²) in [5, 5.41) is 27.5. The molecule has 0 spiro atoms. The highest BCUT2D eigenvalue weighted by atomic mass is 16.8. The molecule has 0 aromatic heterocycles. The zero-order valence-electron chi connectivity index (χ0n) is 8.10. The summed E-state index contributed by atoms with van der Waals surface area (Å²) in [6.45, 7) is 1.32. The summed E-state index contributed by atoms with van der Waals surface area (Å²) in [7, 11) is 0. The quantitative estimate of drug-likeness (QED) is 0.386.